The highest BCUT2D eigenvalue weighted by Crippen LogP contribution is 2.63. The summed E-state index contributed by atoms with van der Waals surface area (Å²) in [7, 11) is 0. The van der Waals surface area contributed by atoms with Gasteiger partial charge in [-0.15, -0.1) is 0 Å². The Morgan fingerprint density at radius 1 is 0.192 bits per heavy atom. The van der Waals surface area contributed by atoms with Crippen molar-refractivity contribution in [2.24, 2.45) is 132 Å². The van der Waals surface area contributed by atoms with Crippen LogP contribution in [-0.4, -0.2) is 25.2 Å². The summed E-state index contributed by atoms with van der Waals surface area (Å²) < 4.78 is 0. The largest absolute Gasteiger partial charge is 0.316 e. The second-order valence-electron chi connectivity index (χ2n) is 38.7. The molecule has 2 heterocycles. The molecule has 6 saturated carbocycles. The Balaban J connectivity index is -0.000000164. The van der Waals surface area contributed by atoms with Crippen molar-refractivity contribution < 1.29 is 0 Å². The molecule has 2 nitrogen and oxygen atoms in total. The summed E-state index contributed by atoms with van der Waals surface area (Å²) in [6.07, 6.45) is 36.5. The molecule has 0 bridgehead atoms. The second kappa shape index (κ2) is 61.4. The number of hydrogen-bond acceptors (Lipinski definition) is 2. The maximum atomic E-state index is 3.56. The van der Waals surface area contributed by atoms with Crippen LogP contribution in [0.5, 0.6) is 0 Å². The highest BCUT2D eigenvalue weighted by atomic mass is 15.1. The Hall–Kier alpha value is -0.0800. The molecule has 0 spiro atoms. The van der Waals surface area contributed by atoms with Gasteiger partial charge in [-0.1, -0.05) is 417 Å². The molecule has 2 aliphatic heterocycles. The maximum absolute atomic E-state index is 3.56. The molecule has 8 rings (SSSR count). The summed E-state index contributed by atoms with van der Waals surface area (Å²) >= 11 is 0. The van der Waals surface area contributed by atoms with Gasteiger partial charge < -0.3 is 10.6 Å². The van der Waals surface area contributed by atoms with Crippen molar-refractivity contribution in [2.45, 2.75) is 512 Å². The molecule has 0 aromatic rings. The first kappa shape index (κ1) is 120. The van der Waals surface area contributed by atoms with E-state index in [9.17, 15) is 0 Å². The first-order valence-corrected chi connectivity index (χ1v) is 47.8. The van der Waals surface area contributed by atoms with E-state index < -0.39 is 0 Å². The van der Waals surface area contributed by atoms with E-state index in [2.05, 4.69) is 246 Å². The van der Waals surface area contributed by atoms with Crippen molar-refractivity contribution in [3.05, 3.63) is 0 Å². The molecule has 0 radical (unpaired) electrons. The smallest absolute Gasteiger partial charge is 0.0239 e. The van der Waals surface area contributed by atoms with Crippen LogP contribution >= 0.6 is 0 Å². The van der Waals surface area contributed by atoms with Crippen LogP contribution in [0.4, 0.5) is 0 Å². The van der Waals surface area contributed by atoms with Gasteiger partial charge in [0.1, 0.15) is 0 Å². The third-order valence-corrected chi connectivity index (χ3v) is 29.6. The molecule has 0 unspecified atom stereocenters. The fraction of sp³-hybridized carbons (Fsp3) is 1.00. The second-order valence-corrected chi connectivity index (χ2v) is 38.7. The lowest BCUT2D eigenvalue weighted by Crippen LogP contribution is -2.63. The van der Waals surface area contributed by atoms with Gasteiger partial charge in [0.15, 0.2) is 0 Å². The van der Waals surface area contributed by atoms with E-state index in [0.29, 0.717) is 43.4 Å². The van der Waals surface area contributed by atoms with Crippen LogP contribution in [-0.2, 0) is 0 Å². The summed E-state index contributed by atoms with van der Waals surface area (Å²) in [6, 6.07) is 0. The lowest BCUT2D eigenvalue weighted by molar-refractivity contribution is 0.0133. The van der Waals surface area contributed by atoms with E-state index in [1.165, 1.54) is 180 Å². The molecule has 0 aromatic heterocycles. The van der Waals surface area contributed by atoms with Crippen molar-refractivity contribution in [1.82, 2.24) is 10.6 Å². The fourth-order valence-electron chi connectivity index (χ4n) is 21.0. The van der Waals surface area contributed by atoms with Gasteiger partial charge in [-0.05, 0) is 235 Å². The molecular formula is C102H222N2. The van der Waals surface area contributed by atoms with E-state index >= 15 is 0 Å². The van der Waals surface area contributed by atoms with E-state index in [1.807, 2.05) is 111 Å². The number of rotatable bonds is 14. The Morgan fingerprint density at radius 2 is 0.385 bits per heavy atom. The van der Waals surface area contributed by atoms with Gasteiger partial charge in [-0.2, -0.15) is 0 Å². The van der Waals surface area contributed by atoms with Crippen LogP contribution in [0.2, 0.25) is 0 Å². The standard InChI is InChI=1S/C14H28.C12H24.C11H22.C10H21N.3C10H20.C9H19N.8C2H6/c1-12(2)14(13(3,4)5)10-8-6-7-9-11-14;1-10(2)12(11(3)4)8-6-5-7-9-12;1-9(2)11(10(3)4)7-5-6-8-11;1-8(2)10(9(3)4)5-6-11-7-10;1-8(2)10(6-7-10)9(3,4)5;2*1-8(2)10(9(3)4)6-5-7-10;1-7(2)9(8(3)4)5-6-10-9;8*1-2/h12H,6-11H2,1-5H3;10-11H,5-9H2,1-4H3;9-10H,5-8H2,1-4H3;8-9,11H,5-7H2,1-4H3;8H,6-7H2,1-5H3;2*8-9H,5-7H2,1-4H3;7-8,10H,5-6H2,1-4H3;8*1-2H3. The van der Waals surface area contributed by atoms with Gasteiger partial charge in [0.2, 0.25) is 0 Å². The minimum absolute atomic E-state index is 0.472. The van der Waals surface area contributed by atoms with E-state index in [4.69, 9.17) is 0 Å². The first-order valence-electron chi connectivity index (χ1n) is 47.8. The summed E-state index contributed by atoms with van der Waals surface area (Å²) in [5, 5.41) is 7.03. The molecule has 0 atom stereocenters. The van der Waals surface area contributed by atoms with Crippen LogP contribution in [0.1, 0.15) is 507 Å². The molecule has 640 valence electrons. The predicted octanol–water partition coefficient (Wildman–Crippen LogP) is 36.1. The maximum Gasteiger partial charge on any atom is 0.0239 e. The molecule has 2 saturated heterocycles. The molecule has 2 N–H and O–H groups in total. The Labute approximate surface area is 670 Å². The lowest BCUT2D eigenvalue weighted by atomic mass is 9.56. The minimum atomic E-state index is 0.472. The van der Waals surface area contributed by atoms with Gasteiger partial charge in [-0.25, -0.2) is 0 Å². The third kappa shape index (κ3) is 36.0. The summed E-state index contributed by atoms with van der Waals surface area (Å²) in [6.45, 7) is 117. The SMILES string of the molecule is CC.CC.CC.CC.CC.CC.CC.CC.CC(C)C1(C(C)(C)C)CC1.CC(C)C1(C(C)(C)C)CCCCCC1.CC(C)C1(C(C)C)CCC1.CC(C)C1(C(C)C)CCC1.CC(C)C1(C(C)C)CCCC1.CC(C)C1(C(C)C)CCCCC1.CC(C)C1(C(C)C)CCN1.CC(C)C1(C(C)C)CCNC1. The summed E-state index contributed by atoms with van der Waals surface area (Å²) in [5.41, 5.74) is 6.17. The molecule has 2 heteroatoms. The average Bonchev–Trinajstić information content (AvgIpc) is 1.58. The first-order chi connectivity index (χ1) is 48.4. The molecule has 6 aliphatic carbocycles. The van der Waals surface area contributed by atoms with Crippen LogP contribution in [0, 0.1) is 132 Å². The Morgan fingerprint density at radius 3 is 0.481 bits per heavy atom. The molecular weight excluding hydrogens is 1250 g/mol. The van der Waals surface area contributed by atoms with Crippen molar-refractivity contribution in [1.29, 1.82) is 0 Å². The average molecular weight is 1480 g/mol. The van der Waals surface area contributed by atoms with Gasteiger partial charge in [0, 0.05) is 12.1 Å². The van der Waals surface area contributed by atoms with Gasteiger partial charge in [-0.3, -0.25) is 0 Å². The van der Waals surface area contributed by atoms with Gasteiger partial charge in [0.25, 0.3) is 0 Å². The van der Waals surface area contributed by atoms with E-state index in [1.54, 1.807) is 0 Å². The van der Waals surface area contributed by atoms with Crippen LogP contribution in [0.3, 0.4) is 0 Å². The van der Waals surface area contributed by atoms with E-state index in [0.717, 1.165) is 93.7 Å². The quantitative estimate of drug-likeness (QED) is 0.169. The van der Waals surface area contributed by atoms with Crippen LogP contribution in [0.15, 0.2) is 0 Å². The number of nitrogens with one attached hydrogen (secondary N) is 2. The predicted molar refractivity (Wildman–Crippen MR) is 493 cm³/mol. The zero-order valence-electron chi connectivity index (χ0n) is 83.9. The molecule has 8 fully saturated rings. The van der Waals surface area contributed by atoms with Crippen molar-refractivity contribution >= 4 is 0 Å². The summed E-state index contributed by atoms with van der Waals surface area (Å²) in [5.74, 6) is 12.0. The third-order valence-electron chi connectivity index (χ3n) is 29.6. The zero-order valence-corrected chi connectivity index (χ0v) is 83.9. The summed E-state index contributed by atoms with van der Waals surface area (Å²) in [4.78, 5) is 0. The monoisotopic (exact) mass is 1480 g/mol. The van der Waals surface area contributed by atoms with Crippen molar-refractivity contribution in [3.8, 4) is 0 Å². The highest BCUT2D eigenvalue weighted by molar-refractivity contribution is 5.04. The normalized spacial score (nSPS) is 20.3. The van der Waals surface area contributed by atoms with Gasteiger partial charge >= 0.3 is 0 Å². The molecule has 8 aliphatic rings. The molecule has 0 aromatic carbocycles. The van der Waals surface area contributed by atoms with Crippen molar-refractivity contribution in [3.63, 3.8) is 0 Å². The highest BCUT2D eigenvalue weighted by Gasteiger charge is 2.54. The van der Waals surface area contributed by atoms with Crippen LogP contribution in [0.25, 0.3) is 0 Å². The van der Waals surface area contributed by atoms with E-state index in [-0.39, 0.29) is 0 Å². The van der Waals surface area contributed by atoms with Gasteiger partial charge in [0.05, 0.1) is 0 Å². The van der Waals surface area contributed by atoms with Crippen molar-refractivity contribution in [2.75, 3.05) is 19.6 Å². The molecule has 0 amide bonds. The fourth-order valence-corrected chi connectivity index (χ4v) is 21.0. The minimum Gasteiger partial charge on any atom is -0.316 e. The topological polar surface area (TPSA) is 24.1 Å². The zero-order chi connectivity index (χ0) is 84.3. The number of hydrogen-bond donors (Lipinski definition) is 2. The Bertz CT molecular complexity index is 1590. The lowest BCUT2D eigenvalue weighted by Gasteiger charge is -2.50. The Kier molecular flexibility index (Phi) is 70.7. The van der Waals surface area contributed by atoms with Crippen LogP contribution < -0.4 is 10.6 Å². The molecule has 104 heavy (non-hydrogen) atoms.